The molecule has 0 radical (unpaired) electrons. The summed E-state index contributed by atoms with van der Waals surface area (Å²) in [6.07, 6.45) is 5.32. The highest BCUT2D eigenvalue weighted by atomic mass is 127. The molecule has 1 nitrogen and oxygen atoms in total. The molecule has 2 aromatic rings. The summed E-state index contributed by atoms with van der Waals surface area (Å²) in [5.41, 5.74) is 6.02. The lowest BCUT2D eigenvalue weighted by Gasteiger charge is -2.55. The highest BCUT2D eigenvalue weighted by Gasteiger charge is 2.50. The number of nitrogens with zero attached hydrogens (tertiary/aromatic N) is 1. The molecule has 0 unspecified atom stereocenters. The second-order valence-corrected chi connectivity index (χ2v) is 10.3. The van der Waals surface area contributed by atoms with Crippen LogP contribution in [-0.4, -0.2) is 25.1 Å². The van der Waals surface area contributed by atoms with Crippen molar-refractivity contribution in [2.75, 3.05) is 20.6 Å². The Balaban J connectivity index is 0.00000225. The van der Waals surface area contributed by atoms with E-state index in [0.717, 1.165) is 27.9 Å². The van der Waals surface area contributed by atoms with E-state index in [1.54, 1.807) is 5.57 Å². The molecule has 0 saturated heterocycles. The summed E-state index contributed by atoms with van der Waals surface area (Å²) in [6, 6.07) is 17.1. The van der Waals surface area contributed by atoms with Crippen molar-refractivity contribution in [3.05, 3.63) is 70.8 Å². The van der Waals surface area contributed by atoms with Crippen molar-refractivity contribution in [2.24, 2.45) is 17.3 Å². The van der Waals surface area contributed by atoms with Crippen molar-refractivity contribution in [2.45, 2.75) is 33.2 Å². The van der Waals surface area contributed by atoms with Crippen molar-refractivity contribution in [3.63, 3.8) is 0 Å². The molecule has 3 aliphatic rings. The smallest absolute Gasteiger partial charge is 0.104 e. The summed E-state index contributed by atoms with van der Waals surface area (Å²) in [5.74, 6) is 1.71. The van der Waals surface area contributed by atoms with Gasteiger partial charge in [0.1, 0.15) is 13.1 Å². The van der Waals surface area contributed by atoms with E-state index >= 15 is 0 Å². The van der Waals surface area contributed by atoms with Gasteiger partial charge in [0, 0.05) is 10.6 Å². The maximum atomic E-state index is 6.13. The SMILES string of the molecule is CC1(C)[C@H]2CC(C[N+](C)(C)Cc3ccc(-c4cccc(Cl)c4)cc3)=C[C@@H]1C2.[I-]. The van der Waals surface area contributed by atoms with E-state index in [0.29, 0.717) is 5.41 Å². The second kappa shape index (κ2) is 8.12. The average Bonchev–Trinajstić information content (AvgIpc) is 2.61. The Morgan fingerprint density at radius 3 is 2.29 bits per heavy atom. The highest BCUT2D eigenvalue weighted by Crippen LogP contribution is 2.58. The topological polar surface area (TPSA) is 0 Å². The summed E-state index contributed by atoms with van der Waals surface area (Å²) in [7, 11) is 4.72. The number of hydrogen-bond acceptors (Lipinski definition) is 0. The van der Waals surface area contributed by atoms with Gasteiger partial charge in [-0.15, -0.1) is 0 Å². The molecule has 5 rings (SSSR count). The van der Waals surface area contributed by atoms with Crippen LogP contribution in [0.15, 0.2) is 60.2 Å². The number of fused-ring (bicyclic) bond motifs is 1. The molecule has 2 aromatic carbocycles. The zero-order valence-corrected chi connectivity index (χ0v) is 20.3. The summed E-state index contributed by atoms with van der Waals surface area (Å²) in [4.78, 5) is 0. The first kappa shape index (κ1) is 21.9. The lowest BCUT2D eigenvalue weighted by Crippen LogP contribution is -3.00. The van der Waals surface area contributed by atoms with E-state index in [-0.39, 0.29) is 24.0 Å². The number of allylic oxidation sites excluding steroid dienone is 1. The predicted octanol–water partition coefficient (Wildman–Crippen LogP) is 3.58. The summed E-state index contributed by atoms with van der Waals surface area (Å²) >= 11 is 6.13. The summed E-state index contributed by atoms with van der Waals surface area (Å²) < 4.78 is 1.02. The van der Waals surface area contributed by atoms with Crippen LogP contribution in [0.25, 0.3) is 11.1 Å². The standard InChI is InChI=1S/C25H31ClN.HI/c1-25(2)22-12-19(13-23(25)15-22)17-27(3,4)16-18-8-10-20(11-9-18)21-6-5-7-24(26)14-21;/h5-12,14,22-23H,13,15-17H2,1-4H3;1H/q+1;/p-1/t22-,23+;/m1./s1. The Labute approximate surface area is 192 Å². The van der Waals surface area contributed by atoms with Gasteiger partial charge >= 0.3 is 0 Å². The zero-order chi connectivity index (χ0) is 19.2. The normalized spacial score (nSPS) is 22.7. The van der Waals surface area contributed by atoms with E-state index in [9.17, 15) is 0 Å². The predicted molar refractivity (Wildman–Crippen MR) is 116 cm³/mol. The van der Waals surface area contributed by atoms with Crippen LogP contribution in [0.1, 0.15) is 32.3 Å². The van der Waals surface area contributed by atoms with Gasteiger partial charge in [0.05, 0.1) is 14.1 Å². The van der Waals surface area contributed by atoms with Crippen molar-refractivity contribution < 1.29 is 28.5 Å². The Kier molecular flexibility index (Phi) is 6.34. The van der Waals surface area contributed by atoms with Gasteiger partial charge in [-0.05, 0) is 58.9 Å². The number of halogens is 2. The third kappa shape index (κ3) is 4.49. The van der Waals surface area contributed by atoms with Crippen LogP contribution < -0.4 is 24.0 Å². The fourth-order valence-corrected chi connectivity index (χ4v) is 5.23. The minimum Gasteiger partial charge on any atom is -1.00 e. The van der Waals surface area contributed by atoms with E-state index < -0.39 is 0 Å². The van der Waals surface area contributed by atoms with Crippen LogP contribution >= 0.6 is 11.6 Å². The van der Waals surface area contributed by atoms with Crippen LogP contribution in [-0.2, 0) is 6.54 Å². The van der Waals surface area contributed by atoms with Gasteiger partial charge in [-0.2, -0.15) is 0 Å². The number of benzene rings is 2. The maximum absolute atomic E-state index is 6.13. The fourth-order valence-electron chi connectivity index (χ4n) is 5.04. The summed E-state index contributed by atoms with van der Waals surface area (Å²) in [5, 5.41) is 0.788. The van der Waals surface area contributed by atoms with Crippen LogP contribution in [0.2, 0.25) is 5.02 Å². The molecule has 0 aliphatic heterocycles. The van der Waals surface area contributed by atoms with E-state index in [1.807, 2.05) is 18.2 Å². The molecule has 1 fully saturated rings. The van der Waals surface area contributed by atoms with Gasteiger partial charge in [0.25, 0.3) is 0 Å². The van der Waals surface area contributed by atoms with Gasteiger partial charge in [-0.1, -0.05) is 67.9 Å². The van der Waals surface area contributed by atoms with E-state index in [4.69, 9.17) is 11.6 Å². The van der Waals surface area contributed by atoms with Crippen LogP contribution in [0.3, 0.4) is 0 Å². The molecule has 0 heterocycles. The average molecular weight is 508 g/mol. The first-order valence-electron chi connectivity index (χ1n) is 10.1. The maximum Gasteiger partial charge on any atom is 0.104 e. The molecule has 2 atom stereocenters. The van der Waals surface area contributed by atoms with Crippen LogP contribution in [0.5, 0.6) is 0 Å². The molecule has 0 spiro atoms. The Morgan fingerprint density at radius 2 is 1.71 bits per heavy atom. The Hall–Kier alpha value is -0.840. The molecule has 2 bridgehead atoms. The number of rotatable bonds is 5. The van der Waals surface area contributed by atoms with Crippen molar-refractivity contribution in [1.82, 2.24) is 0 Å². The third-order valence-corrected chi connectivity index (χ3v) is 7.08. The van der Waals surface area contributed by atoms with Crippen LogP contribution in [0, 0.1) is 17.3 Å². The second-order valence-electron chi connectivity index (χ2n) is 9.85. The third-order valence-electron chi connectivity index (χ3n) is 6.85. The number of quaternary nitrogens is 1. The molecule has 3 heteroatoms. The molecule has 28 heavy (non-hydrogen) atoms. The van der Waals surface area contributed by atoms with Gasteiger partial charge in [0.15, 0.2) is 0 Å². The molecule has 3 aliphatic carbocycles. The molecule has 0 N–H and O–H groups in total. The fraction of sp³-hybridized carbons (Fsp3) is 0.440. The minimum atomic E-state index is 0. The van der Waals surface area contributed by atoms with Crippen molar-refractivity contribution in [3.8, 4) is 11.1 Å². The molecular formula is C25H31ClIN. The lowest BCUT2D eigenvalue weighted by molar-refractivity contribution is -0.899. The van der Waals surface area contributed by atoms with Gasteiger partial charge in [0.2, 0.25) is 0 Å². The van der Waals surface area contributed by atoms with E-state index in [2.05, 4.69) is 64.4 Å². The molecule has 1 saturated carbocycles. The Morgan fingerprint density at radius 1 is 1.00 bits per heavy atom. The quantitative estimate of drug-likeness (QED) is 0.330. The van der Waals surface area contributed by atoms with Crippen molar-refractivity contribution >= 4 is 11.6 Å². The highest BCUT2D eigenvalue weighted by molar-refractivity contribution is 6.30. The van der Waals surface area contributed by atoms with Gasteiger partial charge < -0.3 is 28.5 Å². The summed E-state index contributed by atoms with van der Waals surface area (Å²) in [6.45, 7) is 7.12. The van der Waals surface area contributed by atoms with Crippen LogP contribution in [0.4, 0.5) is 0 Å². The van der Waals surface area contributed by atoms with Gasteiger partial charge in [-0.25, -0.2) is 0 Å². The zero-order valence-electron chi connectivity index (χ0n) is 17.4. The minimum absolute atomic E-state index is 0. The molecular weight excluding hydrogens is 477 g/mol. The Bertz CT molecular complexity index is 866. The monoisotopic (exact) mass is 507 g/mol. The molecule has 150 valence electrons. The van der Waals surface area contributed by atoms with E-state index in [1.165, 1.54) is 36.1 Å². The van der Waals surface area contributed by atoms with Gasteiger partial charge in [-0.3, -0.25) is 0 Å². The number of likely N-dealkylation sites (N-methyl/N-ethyl adjacent to an activating group) is 1. The molecule has 0 aromatic heterocycles. The van der Waals surface area contributed by atoms with Crippen molar-refractivity contribution in [1.29, 1.82) is 0 Å². The molecule has 0 amide bonds. The first-order chi connectivity index (χ1) is 12.7. The lowest BCUT2D eigenvalue weighted by atomic mass is 9.50. The first-order valence-corrected chi connectivity index (χ1v) is 10.5. The largest absolute Gasteiger partial charge is 1.00 e. The number of hydrogen-bond donors (Lipinski definition) is 0.